The van der Waals surface area contributed by atoms with E-state index >= 15 is 0 Å². The lowest BCUT2D eigenvalue weighted by molar-refractivity contribution is -0.123. The molecule has 0 radical (unpaired) electrons. The Balaban J connectivity index is 2.37. The molecule has 2 nitrogen and oxygen atoms in total. The predicted molar refractivity (Wildman–Crippen MR) is 74.5 cm³/mol. The lowest BCUT2D eigenvalue weighted by atomic mass is 9.74. The summed E-state index contributed by atoms with van der Waals surface area (Å²) in [5.41, 5.74) is 1.46. The molecule has 1 aliphatic carbocycles. The van der Waals surface area contributed by atoms with Gasteiger partial charge >= 0.3 is 0 Å². The Labute approximate surface area is 110 Å². The molecule has 1 fully saturated rings. The highest BCUT2D eigenvalue weighted by Gasteiger charge is 2.39. The van der Waals surface area contributed by atoms with Gasteiger partial charge in [-0.25, -0.2) is 0 Å². The number of carbonyl (C=O) groups excluding carboxylic acids is 1. The molecule has 0 aliphatic heterocycles. The first-order chi connectivity index (χ1) is 8.73. The van der Waals surface area contributed by atoms with Gasteiger partial charge in [0, 0.05) is 18.4 Å². The fourth-order valence-electron chi connectivity index (χ4n) is 3.31. The van der Waals surface area contributed by atoms with E-state index in [1.807, 2.05) is 0 Å². The highest BCUT2D eigenvalue weighted by Crippen LogP contribution is 2.41. The standard InChI is InChI=1S/C16H23NO/c1-3-17(4-2)16(12-10-15(18)11-13-16)14-8-6-5-7-9-14/h5-9H,3-4,10-13H2,1-2H3. The molecule has 98 valence electrons. The molecule has 2 heteroatoms. The first-order valence-electron chi connectivity index (χ1n) is 7.05. The zero-order chi connectivity index (χ0) is 13.0. The van der Waals surface area contributed by atoms with Crippen LogP contribution in [0.25, 0.3) is 0 Å². The van der Waals surface area contributed by atoms with Crippen LogP contribution >= 0.6 is 0 Å². The van der Waals surface area contributed by atoms with Crippen LogP contribution in [0.3, 0.4) is 0 Å². The minimum absolute atomic E-state index is 0.0820. The molecule has 0 heterocycles. The van der Waals surface area contributed by atoms with Crippen molar-refractivity contribution in [3.63, 3.8) is 0 Å². The summed E-state index contributed by atoms with van der Waals surface area (Å²) >= 11 is 0. The molecular weight excluding hydrogens is 222 g/mol. The maximum absolute atomic E-state index is 11.6. The summed E-state index contributed by atoms with van der Waals surface area (Å²) in [5, 5.41) is 0. The summed E-state index contributed by atoms with van der Waals surface area (Å²) in [6.07, 6.45) is 3.39. The number of nitrogens with zero attached hydrogens (tertiary/aromatic N) is 1. The number of ketones is 1. The number of hydrogen-bond acceptors (Lipinski definition) is 2. The molecule has 0 amide bonds. The number of hydrogen-bond donors (Lipinski definition) is 0. The Hall–Kier alpha value is -1.15. The van der Waals surface area contributed by atoms with Crippen LogP contribution in [0.4, 0.5) is 0 Å². The van der Waals surface area contributed by atoms with Crippen LogP contribution in [0, 0.1) is 0 Å². The molecular formula is C16H23NO. The average molecular weight is 245 g/mol. The minimum Gasteiger partial charge on any atom is -0.300 e. The van der Waals surface area contributed by atoms with E-state index in [2.05, 4.69) is 49.1 Å². The molecule has 2 rings (SSSR count). The molecule has 0 spiro atoms. The van der Waals surface area contributed by atoms with Crippen LogP contribution in [-0.4, -0.2) is 23.8 Å². The Bertz CT molecular complexity index is 385. The van der Waals surface area contributed by atoms with Gasteiger partial charge in [0.05, 0.1) is 0 Å². The summed E-state index contributed by atoms with van der Waals surface area (Å²) < 4.78 is 0. The number of carbonyl (C=O) groups is 1. The second-order valence-corrected chi connectivity index (χ2v) is 5.11. The second kappa shape index (κ2) is 5.66. The maximum atomic E-state index is 11.6. The van der Waals surface area contributed by atoms with Crippen molar-refractivity contribution in [2.75, 3.05) is 13.1 Å². The topological polar surface area (TPSA) is 20.3 Å². The summed E-state index contributed by atoms with van der Waals surface area (Å²) in [6, 6.07) is 10.7. The van der Waals surface area contributed by atoms with Crippen molar-refractivity contribution in [3.05, 3.63) is 35.9 Å². The molecule has 1 aromatic carbocycles. The van der Waals surface area contributed by atoms with Crippen molar-refractivity contribution in [2.45, 2.75) is 45.1 Å². The van der Waals surface area contributed by atoms with E-state index in [0.29, 0.717) is 5.78 Å². The van der Waals surface area contributed by atoms with Gasteiger partial charge in [-0.05, 0) is 31.5 Å². The number of rotatable bonds is 4. The van der Waals surface area contributed by atoms with Gasteiger partial charge in [-0.3, -0.25) is 9.69 Å². The van der Waals surface area contributed by atoms with E-state index in [4.69, 9.17) is 0 Å². The summed E-state index contributed by atoms with van der Waals surface area (Å²) in [4.78, 5) is 14.1. The largest absolute Gasteiger partial charge is 0.300 e. The average Bonchev–Trinajstić information content (AvgIpc) is 2.43. The van der Waals surface area contributed by atoms with Crippen molar-refractivity contribution in [2.24, 2.45) is 0 Å². The summed E-state index contributed by atoms with van der Waals surface area (Å²) in [7, 11) is 0. The monoisotopic (exact) mass is 245 g/mol. The zero-order valence-electron chi connectivity index (χ0n) is 11.5. The quantitative estimate of drug-likeness (QED) is 0.810. The third-order valence-electron chi connectivity index (χ3n) is 4.31. The molecule has 1 aliphatic rings. The first-order valence-corrected chi connectivity index (χ1v) is 7.05. The normalized spacial score (nSPS) is 19.2. The second-order valence-electron chi connectivity index (χ2n) is 5.11. The number of benzene rings is 1. The lowest BCUT2D eigenvalue weighted by Crippen LogP contribution is -2.48. The Kier molecular flexibility index (Phi) is 4.18. The molecule has 18 heavy (non-hydrogen) atoms. The van der Waals surface area contributed by atoms with E-state index in [9.17, 15) is 4.79 Å². The smallest absolute Gasteiger partial charge is 0.133 e. The van der Waals surface area contributed by atoms with Gasteiger partial charge in [-0.2, -0.15) is 0 Å². The first kappa shape index (κ1) is 13.3. The van der Waals surface area contributed by atoms with Crippen molar-refractivity contribution >= 4 is 5.78 Å². The van der Waals surface area contributed by atoms with Crippen molar-refractivity contribution in [1.29, 1.82) is 0 Å². The van der Waals surface area contributed by atoms with Crippen LogP contribution in [0.1, 0.15) is 45.1 Å². The van der Waals surface area contributed by atoms with E-state index < -0.39 is 0 Å². The van der Waals surface area contributed by atoms with Crippen LogP contribution in [-0.2, 0) is 10.3 Å². The Morgan fingerprint density at radius 2 is 1.61 bits per heavy atom. The van der Waals surface area contributed by atoms with E-state index in [1.54, 1.807) is 0 Å². The SMILES string of the molecule is CCN(CC)C1(c2ccccc2)CCC(=O)CC1. The van der Waals surface area contributed by atoms with Crippen molar-refractivity contribution in [1.82, 2.24) is 4.90 Å². The zero-order valence-corrected chi connectivity index (χ0v) is 11.5. The van der Waals surface area contributed by atoms with E-state index in [-0.39, 0.29) is 5.54 Å². The molecule has 0 bridgehead atoms. The molecule has 0 aromatic heterocycles. The molecule has 1 aromatic rings. The molecule has 0 atom stereocenters. The van der Waals surface area contributed by atoms with Crippen molar-refractivity contribution in [3.8, 4) is 0 Å². The van der Waals surface area contributed by atoms with Gasteiger partial charge in [0.1, 0.15) is 5.78 Å². The maximum Gasteiger partial charge on any atom is 0.133 e. The Morgan fingerprint density at radius 3 is 2.11 bits per heavy atom. The molecule has 1 saturated carbocycles. The molecule has 0 unspecified atom stereocenters. The third-order valence-corrected chi connectivity index (χ3v) is 4.31. The van der Waals surface area contributed by atoms with Crippen LogP contribution < -0.4 is 0 Å². The minimum atomic E-state index is 0.0820. The van der Waals surface area contributed by atoms with Crippen LogP contribution in [0.5, 0.6) is 0 Å². The molecule has 0 N–H and O–H groups in total. The van der Waals surface area contributed by atoms with E-state index in [1.165, 1.54) is 5.56 Å². The van der Waals surface area contributed by atoms with E-state index in [0.717, 1.165) is 38.8 Å². The van der Waals surface area contributed by atoms with Gasteiger partial charge in [0.2, 0.25) is 0 Å². The van der Waals surface area contributed by atoms with Gasteiger partial charge in [0.25, 0.3) is 0 Å². The summed E-state index contributed by atoms with van der Waals surface area (Å²) in [5.74, 6) is 0.425. The summed E-state index contributed by atoms with van der Waals surface area (Å²) in [6.45, 7) is 6.51. The highest BCUT2D eigenvalue weighted by atomic mass is 16.1. The van der Waals surface area contributed by atoms with Crippen LogP contribution in [0.2, 0.25) is 0 Å². The van der Waals surface area contributed by atoms with Gasteiger partial charge in [0.15, 0.2) is 0 Å². The lowest BCUT2D eigenvalue weighted by Gasteiger charge is -2.46. The Morgan fingerprint density at radius 1 is 1.06 bits per heavy atom. The van der Waals surface area contributed by atoms with Gasteiger partial charge < -0.3 is 0 Å². The molecule has 0 saturated heterocycles. The third kappa shape index (κ3) is 2.35. The fraction of sp³-hybridized carbons (Fsp3) is 0.562. The highest BCUT2D eigenvalue weighted by molar-refractivity contribution is 5.79. The number of Topliss-reactive ketones (excluding diaryl/α,β-unsaturated/α-hetero) is 1. The predicted octanol–water partition coefficient (Wildman–Crippen LogP) is 3.37. The van der Waals surface area contributed by atoms with Gasteiger partial charge in [-0.15, -0.1) is 0 Å². The van der Waals surface area contributed by atoms with Gasteiger partial charge in [-0.1, -0.05) is 44.2 Å². The van der Waals surface area contributed by atoms with Crippen LogP contribution in [0.15, 0.2) is 30.3 Å². The fourth-order valence-corrected chi connectivity index (χ4v) is 3.31. The van der Waals surface area contributed by atoms with Crippen molar-refractivity contribution < 1.29 is 4.79 Å².